The molecule has 6 heteroatoms. The molecule has 5 aromatic rings. The molecule has 1 aliphatic carbocycles. The molecule has 0 spiro atoms. The van der Waals surface area contributed by atoms with Crippen molar-refractivity contribution in [3.63, 3.8) is 0 Å². The SMILES string of the molecule is O=C1NC(=O)c2c1c1c3ccccc3[nH]c1c1c2c2ccccc2n1C1C=C[C@H](Cl)CC1. The van der Waals surface area contributed by atoms with Gasteiger partial charge in [-0.1, -0.05) is 48.6 Å². The van der Waals surface area contributed by atoms with E-state index < -0.39 is 0 Å². The van der Waals surface area contributed by atoms with Crippen molar-refractivity contribution in [2.45, 2.75) is 24.3 Å². The second kappa shape index (κ2) is 6.24. The molecule has 0 saturated heterocycles. The van der Waals surface area contributed by atoms with E-state index in [1.165, 1.54) is 0 Å². The summed E-state index contributed by atoms with van der Waals surface area (Å²) in [5.41, 5.74) is 4.79. The monoisotopic (exact) mass is 439 g/mol. The highest BCUT2D eigenvalue weighted by Gasteiger charge is 2.36. The molecule has 2 amide bonds. The number of carbonyl (C=O) groups is 2. The van der Waals surface area contributed by atoms with Crippen molar-refractivity contribution in [2.24, 2.45) is 0 Å². The van der Waals surface area contributed by atoms with E-state index in [9.17, 15) is 9.59 Å². The Bertz CT molecular complexity index is 1670. The molecule has 1 unspecified atom stereocenters. The molecule has 32 heavy (non-hydrogen) atoms. The highest BCUT2D eigenvalue weighted by Crippen LogP contribution is 2.45. The molecule has 2 aromatic heterocycles. The standard InChI is InChI=1S/C26H18ClN3O2/c27-13-9-11-14(12-10-13)30-18-8-4-2-6-16(18)20-22-21(25(31)29-26(22)32)19-15-5-1-3-7-17(15)28-23(19)24(20)30/h1-9,11,13-14,28H,10,12H2,(H,29,31,32)/t13-,14?/m0/s1. The fourth-order valence-electron chi connectivity index (χ4n) is 5.60. The van der Waals surface area contributed by atoms with Gasteiger partial charge in [0, 0.05) is 32.6 Å². The summed E-state index contributed by atoms with van der Waals surface area (Å²) in [6.07, 6.45) is 6.02. The van der Waals surface area contributed by atoms with E-state index in [-0.39, 0.29) is 23.2 Å². The number of para-hydroxylation sites is 2. The number of halogens is 1. The Kier molecular flexibility index (Phi) is 3.52. The van der Waals surface area contributed by atoms with Crippen LogP contribution in [0.15, 0.2) is 60.7 Å². The van der Waals surface area contributed by atoms with Crippen LogP contribution in [0, 0.1) is 0 Å². The second-order valence-corrected chi connectivity index (χ2v) is 9.17. The molecule has 2 N–H and O–H groups in total. The number of aromatic amines is 1. The molecule has 2 atom stereocenters. The van der Waals surface area contributed by atoms with E-state index in [0.717, 1.165) is 56.5 Å². The van der Waals surface area contributed by atoms with E-state index in [4.69, 9.17) is 11.6 Å². The fourth-order valence-corrected chi connectivity index (χ4v) is 5.81. The van der Waals surface area contributed by atoms with Crippen molar-refractivity contribution >= 4 is 67.0 Å². The maximum atomic E-state index is 13.1. The maximum absolute atomic E-state index is 13.1. The number of hydrogen-bond acceptors (Lipinski definition) is 2. The molecule has 0 fully saturated rings. The quantitative estimate of drug-likeness (QED) is 0.196. The summed E-state index contributed by atoms with van der Waals surface area (Å²) in [7, 11) is 0. The minimum Gasteiger partial charge on any atom is -0.353 e. The van der Waals surface area contributed by atoms with Crippen molar-refractivity contribution in [1.29, 1.82) is 0 Å². The number of alkyl halides is 1. The van der Waals surface area contributed by atoms with Gasteiger partial charge in [-0.15, -0.1) is 11.6 Å². The van der Waals surface area contributed by atoms with Crippen LogP contribution in [-0.4, -0.2) is 26.7 Å². The molecule has 156 valence electrons. The lowest BCUT2D eigenvalue weighted by atomic mass is 9.96. The average Bonchev–Trinajstić information content (AvgIpc) is 3.44. The zero-order valence-corrected chi connectivity index (χ0v) is 17.7. The molecule has 7 rings (SSSR count). The molecule has 1 aliphatic heterocycles. The van der Waals surface area contributed by atoms with Crippen LogP contribution in [0.1, 0.15) is 39.6 Å². The van der Waals surface area contributed by atoms with Crippen molar-refractivity contribution < 1.29 is 9.59 Å². The first kappa shape index (κ1) is 18.0. The lowest BCUT2D eigenvalue weighted by molar-refractivity contribution is 0.0880. The van der Waals surface area contributed by atoms with E-state index in [1.54, 1.807) is 0 Å². The summed E-state index contributed by atoms with van der Waals surface area (Å²) in [5, 5.41) is 6.16. The van der Waals surface area contributed by atoms with Crippen molar-refractivity contribution in [3.05, 3.63) is 71.8 Å². The number of H-pyrrole nitrogens is 1. The largest absolute Gasteiger partial charge is 0.353 e. The average molecular weight is 440 g/mol. The smallest absolute Gasteiger partial charge is 0.259 e. The first-order valence-corrected chi connectivity index (χ1v) is 11.2. The highest BCUT2D eigenvalue weighted by atomic mass is 35.5. The number of aromatic nitrogens is 2. The van der Waals surface area contributed by atoms with E-state index in [2.05, 4.69) is 33.1 Å². The van der Waals surface area contributed by atoms with Gasteiger partial charge in [0.05, 0.1) is 33.6 Å². The Morgan fingerprint density at radius 2 is 1.56 bits per heavy atom. The van der Waals surface area contributed by atoms with E-state index >= 15 is 0 Å². The molecule has 3 aromatic carbocycles. The van der Waals surface area contributed by atoms with Crippen LogP contribution in [0.4, 0.5) is 0 Å². The van der Waals surface area contributed by atoms with Gasteiger partial charge in [0.1, 0.15) is 0 Å². The molecule has 2 aliphatic rings. The number of rotatable bonds is 1. The zero-order valence-electron chi connectivity index (χ0n) is 17.0. The van der Waals surface area contributed by atoms with Crippen LogP contribution in [0.2, 0.25) is 0 Å². The number of amides is 2. The molecule has 0 radical (unpaired) electrons. The predicted octanol–water partition coefficient (Wildman–Crippen LogP) is 5.81. The molecule has 5 nitrogen and oxygen atoms in total. The summed E-state index contributed by atoms with van der Waals surface area (Å²) in [6.45, 7) is 0. The van der Waals surface area contributed by atoms with Gasteiger partial charge < -0.3 is 9.55 Å². The Morgan fingerprint density at radius 1 is 0.844 bits per heavy atom. The molecule has 3 heterocycles. The Morgan fingerprint density at radius 3 is 2.34 bits per heavy atom. The molecule has 0 bridgehead atoms. The number of hydrogen-bond donors (Lipinski definition) is 2. The van der Waals surface area contributed by atoms with Gasteiger partial charge in [0.15, 0.2) is 0 Å². The third-order valence-corrected chi connectivity index (χ3v) is 7.26. The lowest BCUT2D eigenvalue weighted by Gasteiger charge is -2.23. The van der Waals surface area contributed by atoms with Gasteiger partial charge in [-0.2, -0.15) is 0 Å². The third-order valence-electron chi connectivity index (χ3n) is 6.90. The number of nitrogens with one attached hydrogen (secondary N) is 2. The van der Waals surface area contributed by atoms with Gasteiger partial charge in [-0.25, -0.2) is 0 Å². The van der Waals surface area contributed by atoms with Crippen molar-refractivity contribution in [1.82, 2.24) is 14.9 Å². The third kappa shape index (κ3) is 2.19. The minimum absolute atomic E-state index is 0.0417. The Hall–Kier alpha value is -3.57. The van der Waals surface area contributed by atoms with Crippen LogP contribution in [0.5, 0.6) is 0 Å². The normalized spacial score (nSPS) is 20.7. The summed E-state index contributed by atoms with van der Waals surface area (Å²) in [6, 6.07) is 16.2. The molecular formula is C26H18ClN3O2. The Balaban J connectivity index is 1.78. The van der Waals surface area contributed by atoms with Gasteiger partial charge in [0.2, 0.25) is 0 Å². The summed E-state index contributed by atoms with van der Waals surface area (Å²) in [4.78, 5) is 29.6. The van der Waals surface area contributed by atoms with Crippen molar-refractivity contribution in [3.8, 4) is 0 Å². The Labute approximate surface area is 187 Å². The van der Waals surface area contributed by atoms with Crippen LogP contribution in [0.3, 0.4) is 0 Å². The summed E-state index contributed by atoms with van der Waals surface area (Å²) in [5.74, 6) is -0.661. The van der Waals surface area contributed by atoms with Crippen LogP contribution in [-0.2, 0) is 0 Å². The number of fused-ring (bicyclic) bond motifs is 10. The first-order valence-electron chi connectivity index (χ1n) is 10.8. The van der Waals surface area contributed by atoms with Gasteiger partial charge >= 0.3 is 0 Å². The molecular weight excluding hydrogens is 422 g/mol. The van der Waals surface area contributed by atoms with Crippen LogP contribution in [0.25, 0.3) is 43.6 Å². The van der Waals surface area contributed by atoms with Gasteiger partial charge in [0.25, 0.3) is 11.8 Å². The van der Waals surface area contributed by atoms with Gasteiger partial charge in [-0.05, 0) is 25.0 Å². The lowest BCUT2D eigenvalue weighted by Crippen LogP contribution is -2.20. The number of carbonyl (C=O) groups excluding carboxylic acids is 2. The van der Waals surface area contributed by atoms with Gasteiger partial charge in [-0.3, -0.25) is 14.9 Å². The van der Waals surface area contributed by atoms with Crippen LogP contribution < -0.4 is 5.32 Å². The number of allylic oxidation sites excluding steroid dienone is 2. The number of nitrogens with zero attached hydrogens (tertiary/aromatic N) is 1. The van der Waals surface area contributed by atoms with E-state index in [0.29, 0.717) is 11.1 Å². The molecule has 0 saturated carbocycles. The minimum atomic E-state index is -0.332. The van der Waals surface area contributed by atoms with Crippen molar-refractivity contribution in [2.75, 3.05) is 0 Å². The number of benzene rings is 3. The first-order chi connectivity index (χ1) is 15.6. The summed E-state index contributed by atoms with van der Waals surface area (Å²) >= 11 is 6.35. The predicted molar refractivity (Wildman–Crippen MR) is 128 cm³/mol. The zero-order chi connectivity index (χ0) is 21.6. The summed E-state index contributed by atoms with van der Waals surface area (Å²) < 4.78 is 2.32. The highest BCUT2D eigenvalue weighted by molar-refractivity contribution is 6.39. The second-order valence-electron chi connectivity index (χ2n) is 8.61. The number of imide groups is 1. The van der Waals surface area contributed by atoms with Crippen LogP contribution >= 0.6 is 11.6 Å². The maximum Gasteiger partial charge on any atom is 0.259 e. The topological polar surface area (TPSA) is 66.9 Å². The fraction of sp³-hybridized carbons (Fsp3) is 0.154. The van der Waals surface area contributed by atoms with E-state index in [1.807, 2.05) is 42.5 Å².